The van der Waals surface area contributed by atoms with Gasteiger partial charge in [-0.3, -0.25) is 9.59 Å². The Balaban J connectivity index is 1.61. The molecule has 2 saturated heterocycles. The van der Waals surface area contributed by atoms with Gasteiger partial charge in [0, 0.05) is 19.3 Å². The Morgan fingerprint density at radius 3 is 2.56 bits per heavy atom. The van der Waals surface area contributed by atoms with Crippen LogP contribution < -0.4 is 0 Å². The van der Waals surface area contributed by atoms with Crippen molar-refractivity contribution >= 4 is 22.9 Å². The van der Waals surface area contributed by atoms with E-state index in [1.54, 1.807) is 27.7 Å². The van der Waals surface area contributed by atoms with Crippen LogP contribution in [-0.4, -0.2) is 50.9 Å². The minimum absolute atomic E-state index is 0.0830. The van der Waals surface area contributed by atoms with Gasteiger partial charge in [-0.15, -0.1) is 0 Å². The normalized spacial score (nSPS) is 36.3. The summed E-state index contributed by atoms with van der Waals surface area (Å²) >= 11 is 0. The largest absolute Gasteiger partial charge is 0.457 e. The highest BCUT2D eigenvalue weighted by molar-refractivity contribution is 5.88. The number of esters is 1. The number of rotatable bonds is 1. The lowest BCUT2D eigenvalue weighted by Crippen LogP contribution is -2.45. The van der Waals surface area contributed by atoms with Crippen molar-refractivity contribution in [1.29, 1.82) is 0 Å². The average molecular weight is 502 g/mol. The molecule has 1 aromatic carbocycles. The van der Waals surface area contributed by atoms with Gasteiger partial charge < -0.3 is 24.1 Å². The summed E-state index contributed by atoms with van der Waals surface area (Å²) in [6.07, 6.45) is -0.226. The van der Waals surface area contributed by atoms with Crippen molar-refractivity contribution in [2.75, 3.05) is 0 Å². The first kappa shape index (κ1) is 26.8. The quantitative estimate of drug-likeness (QED) is 0.435. The SMILES string of the molecule is Cc1nc2ccc([C@@H]3C[C@@H]4O[C@]4(C)CCCC(C)[C@H](O)C(C)C(=O)C(C)(C)C(O)CC(=O)O3)cc2o1. The number of epoxide rings is 1. The zero-order valence-corrected chi connectivity index (χ0v) is 22.1. The maximum Gasteiger partial charge on any atom is 0.309 e. The second-order valence-corrected chi connectivity index (χ2v) is 11.5. The number of nitrogens with zero attached hydrogens (tertiary/aromatic N) is 1. The van der Waals surface area contributed by atoms with Crippen LogP contribution in [0.2, 0.25) is 0 Å². The molecular weight excluding hydrogens is 462 g/mol. The summed E-state index contributed by atoms with van der Waals surface area (Å²) in [6, 6.07) is 5.54. The number of carbonyl (C=O) groups is 2. The van der Waals surface area contributed by atoms with Crippen LogP contribution in [0.5, 0.6) is 0 Å². The molecule has 8 nitrogen and oxygen atoms in total. The monoisotopic (exact) mass is 501 g/mol. The van der Waals surface area contributed by atoms with Crippen LogP contribution in [0.4, 0.5) is 0 Å². The predicted octanol–water partition coefficient (Wildman–Crippen LogP) is 4.43. The highest BCUT2D eigenvalue weighted by atomic mass is 16.6. The number of hydrogen-bond acceptors (Lipinski definition) is 8. The number of Topliss-reactive ketones (excluding diaryl/α,β-unsaturated/α-hetero) is 1. The van der Waals surface area contributed by atoms with Gasteiger partial charge in [0.1, 0.15) is 17.4 Å². The molecule has 4 rings (SSSR count). The van der Waals surface area contributed by atoms with Gasteiger partial charge in [-0.2, -0.15) is 0 Å². The molecule has 0 aliphatic carbocycles. The van der Waals surface area contributed by atoms with Crippen molar-refractivity contribution < 1.29 is 33.7 Å². The van der Waals surface area contributed by atoms with Crippen molar-refractivity contribution in [3.8, 4) is 0 Å². The smallest absolute Gasteiger partial charge is 0.309 e. The molecule has 0 bridgehead atoms. The number of aliphatic hydroxyl groups is 2. The molecular formula is C28H39NO7. The van der Waals surface area contributed by atoms with Crippen LogP contribution in [0, 0.1) is 24.2 Å². The van der Waals surface area contributed by atoms with Crippen LogP contribution in [-0.2, 0) is 19.1 Å². The van der Waals surface area contributed by atoms with Gasteiger partial charge in [0.25, 0.3) is 0 Å². The fourth-order valence-electron chi connectivity index (χ4n) is 5.48. The lowest BCUT2D eigenvalue weighted by atomic mass is 9.73. The Kier molecular flexibility index (Phi) is 7.34. The van der Waals surface area contributed by atoms with E-state index in [1.165, 1.54) is 0 Å². The molecule has 8 heteroatoms. The maximum absolute atomic E-state index is 13.2. The number of oxazole rings is 1. The van der Waals surface area contributed by atoms with Crippen LogP contribution in [0.1, 0.15) is 84.3 Å². The number of carbonyl (C=O) groups excluding carboxylic acids is 2. The molecule has 2 aliphatic heterocycles. The third-order valence-corrected chi connectivity index (χ3v) is 8.30. The van der Waals surface area contributed by atoms with Crippen molar-refractivity contribution in [2.24, 2.45) is 17.3 Å². The lowest BCUT2D eigenvalue weighted by molar-refractivity contribution is -0.156. The van der Waals surface area contributed by atoms with Gasteiger partial charge in [0.15, 0.2) is 11.5 Å². The van der Waals surface area contributed by atoms with Crippen LogP contribution in [0.3, 0.4) is 0 Å². The van der Waals surface area contributed by atoms with E-state index in [1.807, 2.05) is 25.1 Å². The van der Waals surface area contributed by atoms with Crippen molar-refractivity contribution in [2.45, 2.75) is 104 Å². The number of ketones is 1. The van der Waals surface area contributed by atoms with Crippen molar-refractivity contribution in [3.05, 3.63) is 29.7 Å². The Morgan fingerprint density at radius 1 is 1.11 bits per heavy atom. The maximum atomic E-state index is 13.2. The first-order valence-corrected chi connectivity index (χ1v) is 13.0. The summed E-state index contributed by atoms with van der Waals surface area (Å²) < 4.78 is 17.6. The number of benzene rings is 1. The highest BCUT2D eigenvalue weighted by Gasteiger charge is 2.53. The first-order valence-electron chi connectivity index (χ1n) is 13.0. The summed E-state index contributed by atoms with van der Waals surface area (Å²) in [5.41, 5.74) is 0.550. The third-order valence-electron chi connectivity index (χ3n) is 8.30. The Bertz CT molecular complexity index is 1120. The number of cyclic esters (lactones) is 1. The van der Waals surface area contributed by atoms with E-state index in [4.69, 9.17) is 13.9 Å². The predicted molar refractivity (Wildman–Crippen MR) is 133 cm³/mol. The highest BCUT2D eigenvalue weighted by Crippen LogP contribution is 2.46. The van der Waals surface area contributed by atoms with E-state index in [2.05, 4.69) is 11.9 Å². The van der Waals surface area contributed by atoms with E-state index >= 15 is 0 Å². The molecule has 2 aromatic rings. The molecule has 0 amide bonds. The molecule has 2 fully saturated rings. The van der Waals surface area contributed by atoms with Gasteiger partial charge in [-0.25, -0.2) is 4.98 Å². The number of ether oxygens (including phenoxy) is 2. The van der Waals surface area contributed by atoms with Gasteiger partial charge in [-0.1, -0.05) is 40.2 Å². The van der Waals surface area contributed by atoms with E-state index in [0.717, 1.165) is 30.3 Å². The van der Waals surface area contributed by atoms with Gasteiger partial charge in [-0.05, 0) is 43.4 Å². The minimum atomic E-state index is -1.25. The molecule has 3 unspecified atom stereocenters. The number of aryl methyl sites for hydroxylation is 1. The minimum Gasteiger partial charge on any atom is -0.457 e. The molecule has 3 heterocycles. The van der Waals surface area contributed by atoms with Crippen molar-refractivity contribution in [3.63, 3.8) is 0 Å². The Labute approximate surface area is 212 Å². The standard InChI is InChI=1S/C28H39NO7/c1-15-8-7-11-28(6)23(36-28)13-20(18-9-10-19-21(12-18)34-17(3)29-19)35-24(31)14-22(30)27(4,5)26(33)16(2)25(15)32/h9-10,12,15-16,20,22-23,25,30,32H,7-8,11,13-14H2,1-6H3/t15?,16?,20-,22?,23-,25-,28+/m0/s1. The van der Waals surface area contributed by atoms with E-state index < -0.39 is 35.6 Å². The van der Waals surface area contributed by atoms with E-state index in [9.17, 15) is 19.8 Å². The summed E-state index contributed by atoms with van der Waals surface area (Å²) in [5.74, 6) is -1.06. The zero-order valence-electron chi connectivity index (χ0n) is 22.1. The molecule has 2 N–H and O–H groups in total. The molecule has 2 aliphatic rings. The Morgan fingerprint density at radius 2 is 1.83 bits per heavy atom. The van der Waals surface area contributed by atoms with Gasteiger partial charge in [0.2, 0.25) is 0 Å². The fourth-order valence-corrected chi connectivity index (χ4v) is 5.48. The number of aliphatic hydroxyl groups excluding tert-OH is 2. The Hall–Kier alpha value is -2.29. The van der Waals surface area contributed by atoms with Crippen LogP contribution in [0.25, 0.3) is 11.1 Å². The lowest BCUT2D eigenvalue weighted by Gasteiger charge is -2.34. The van der Waals surface area contributed by atoms with Crippen LogP contribution >= 0.6 is 0 Å². The van der Waals surface area contributed by atoms with E-state index in [0.29, 0.717) is 17.9 Å². The van der Waals surface area contributed by atoms with E-state index in [-0.39, 0.29) is 29.8 Å². The fraction of sp³-hybridized carbons (Fsp3) is 0.679. The number of hydrogen-bond donors (Lipinski definition) is 2. The topological polar surface area (TPSA) is 122 Å². The summed E-state index contributed by atoms with van der Waals surface area (Å²) in [6.45, 7) is 10.7. The third kappa shape index (κ3) is 5.36. The second kappa shape index (κ2) is 9.88. The average Bonchev–Trinajstić information content (AvgIpc) is 3.28. The molecule has 0 saturated carbocycles. The summed E-state index contributed by atoms with van der Waals surface area (Å²) in [5, 5.41) is 21.7. The van der Waals surface area contributed by atoms with Crippen molar-refractivity contribution in [1.82, 2.24) is 4.98 Å². The summed E-state index contributed by atoms with van der Waals surface area (Å²) in [4.78, 5) is 30.6. The molecule has 0 spiro atoms. The first-order chi connectivity index (χ1) is 16.8. The summed E-state index contributed by atoms with van der Waals surface area (Å²) in [7, 11) is 0. The number of aromatic nitrogens is 1. The molecule has 0 radical (unpaired) electrons. The van der Waals surface area contributed by atoms with Gasteiger partial charge >= 0.3 is 5.97 Å². The molecule has 198 valence electrons. The molecule has 36 heavy (non-hydrogen) atoms. The zero-order chi connectivity index (χ0) is 26.4. The van der Waals surface area contributed by atoms with Gasteiger partial charge in [0.05, 0.1) is 35.7 Å². The number of fused-ring (bicyclic) bond motifs is 2. The molecule has 7 atom stereocenters. The molecule has 1 aromatic heterocycles. The van der Waals surface area contributed by atoms with Crippen LogP contribution in [0.15, 0.2) is 22.6 Å². The second-order valence-electron chi connectivity index (χ2n) is 11.5.